The number of benzene rings is 2. The molecule has 0 saturated heterocycles. The Morgan fingerprint density at radius 2 is 1.83 bits per heavy atom. The molecule has 0 spiro atoms. The highest BCUT2D eigenvalue weighted by Crippen LogP contribution is 2.22. The molecule has 3 rings (SSSR count). The van der Waals surface area contributed by atoms with Crippen LogP contribution in [0.1, 0.15) is 37.8 Å². The Hall–Kier alpha value is -2.25. The number of fused-ring (bicyclic) bond motifs is 1. The molecule has 0 radical (unpaired) electrons. The number of hydrogen-bond donors (Lipinski definition) is 0. The van der Waals surface area contributed by atoms with Gasteiger partial charge in [-0.25, -0.2) is 8.42 Å². The van der Waals surface area contributed by atoms with Crippen molar-refractivity contribution in [3.8, 4) is 0 Å². The van der Waals surface area contributed by atoms with Crippen molar-refractivity contribution in [3.63, 3.8) is 0 Å². The molecule has 5 nitrogen and oxygen atoms in total. The Bertz CT molecular complexity index is 1190. The summed E-state index contributed by atoms with van der Waals surface area (Å²) in [7, 11) is -3.38. The molecule has 0 aliphatic heterocycles. The Morgan fingerprint density at radius 3 is 2.48 bits per heavy atom. The third-order valence-corrected chi connectivity index (χ3v) is 7.75. The summed E-state index contributed by atoms with van der Waals surface area (Å²) in [5.74, 6) is -0.340. The minimum Gasteiger partial charge on any atom is -0.316 e. The molecule has 29 heavy (non-hydrogen) atoms. The minimum atomic E-state index is -3.38. The molecule has 154 valence electrons. The Labute approximate surface area is 175 Å². The van der Waals surface area contributed by atoms with Crippen LogP contribution >= 0.6 is 11.3 Å². The Balaban J connectivity index is 1.75. The van der Waals surface area contributed by atoms with Crippen molar-refractivity contribution in [1.29, 1.82) is 0 Å². The van der Waals surface area contributed by atoms with Crippen LogP contribution < -0.4 is 4.80 Å². The summed E-state index contributed by atoms with van der Waals surface area (Å²) >= 11 is 1.50. The number of hydrogen-bond acceptors (Lipinski definition) is 4. The maximum atomic E-state index is 12.4. The number of thiazole rings is 1. The second-order valence-corrected chi connectivity index (χ2v) is 10.1. The van der Waals surface area contributed by atoms with Gasteiger partial charge in [-0.15, -0.1) is 0 Å². The van der Waals surface area contributed by atoms with Gasteiger partial charge in [-0.2, -0.15) is 4.99 Å². The van der Waals surface area contributed by atoms with Gasteiger partial charge >= 0.3 is 0 Å². The first-order valence-corrected chi connectivity index (χ1v) is 12.3. The zero-order valence-electron chi connectivity index (χ0n) is 17.0. The monoisotopic (exact) mass is 430 g/mol. The van der Waals surface area contributed by atoms with Crippen LogP contribution in [0.4, 0.5) is 0 Å². The van der Waals surface area contributed by atoms with E-state index in [1.807, 2.05) is 26.0 Å². The van der Waals surface area contributed by atoms with Crippen molar-refractivity contribution in [2.45, 2.75) is 51.5 Å². The molecule has 0 fully saturated rings. The number of rotatable bonds is 7. The summed E-state index contributed by atoms with van der Waals surface area (Å²) in [6.45, 7) is 6.79. The summed E-state index contributed by atoms with van der Waals surface area (Å²) in [6.07, 6.45) is 1.29. The van der Waals surface area contributed by atoms with Crippen molar-refractivity contribution in [2.75, 3.05) is 5.75 Å². The van der Waals surface area contributed by atoms with Crippen LogP contribution in [0.25, 0.3) is 10.2 Å². The van der Waals surface area contributed by atoms with Gasteiger partial charge in [-0.3, -0.25) is 4.79 Å². The van der Waals surface area contributed by atoms with Gasteiger partial charge < -0.3 is 4.57 Å². The van der Waals surface area contributed by atoms with E-state index in [-0.39, 0.29) is 24.5 Å². The van der Waals surface area contributed by atoms with E-state index in [1.165, 1.54) is 16.9 Å². The molecule has 2 aromatic carbocycles. The SMILES string of the molecule is CCc1cccc2sc(=NC(=O)CCCS(=O)(=O)c3ccc(C)cc3)n(CC)c12. The second kappa shape index (κ2) is 9.05. The first-order chi connectivity index (χ1) is 13.9. The molecule has 0 atom stereocenters. The maximum Gasteiger partial charge on any atom is 0.248 e. The number of amides is 1. The zero-order chi connectivity index (χ0) is 21.0. The van der Waals surface area contributed by atoms with Crippen molar-refractivity contribution in [3.05, 3.63) is 58.4 Å². The molecule has 0 bridgehead atoms. The summed E-state index contributed by atoms with van der Waals surface area (Å²) in [4.78, 5) is 17.7. The lowest BCUT2D eigenvalue weighted by molar-refractivity contribution is -0.118. The Morgan fingerprint density at radius 1 is 1.10 bits per heavy atom. The number of carbonyl (C=O) groups is 1. The predicted molar refractivity (Wildman–Crippen MR) is 118 cm³/mol. The molecular formula is C22H26N2O3S2. The van der Waals surface area contributed by atoms with Gasteiger partial charge in [0, 0.05) is 13.0 Å². The molecule has 0 N–H and O–H groups in total. The smallest absolute Gasteiger partial charge is 0.248 e. The molecule has 1 amide bonds. The highest BCUT2D eigenvalue weighted by Gasteiger charge is 2.15. The second-order valence-electron chi connectivity index (χ2n) is 6.99. The van der Waals surface area contributed by atoms with Gasteiger partial charge in [-0.05, 0) is 50.5 Å². The van der Waals surface area contributed by atoms with E-state index >= 15 is 0 Å². The predicted octanol–water partition coefficient (Wildman–Crippen LogP) is 4.27. The van der Waals surface area contributed by atoms with Gasteiger partial charge in [-0.1, -0.05) is 48.1 Å². The first-order valence-electron chi connectivity index (χ1n) is 9.84. The van der Waals surface area contributed by atoms with E-state index in [0.29, 0.717) is 9.70 Å². The molecule has 1 heterocycles. The number of carbonyl (C=O) groups excluding carboxylic acids is 1. The van der Waals surface area contributed by atoms with Crippen molar-refractivity contribution in [1.82, 2.24) is 4.57 Å². The lowest BCUT2D eigenvalue weighted by Gasteiger charge is -2.05. The number of nitrogens with zero attached hydrogens (tertiary/aromatic N) is 2. The van der Waals surface area contributed by atoms with E-state index < -0.39 is 9.84 Å². The van der Waals surface area contributed by atoms with Gasteiger partial charge in [0.05, 0.1) is 20.9 Å². The molecule has 0 aliphatic rings. The lowest BCUT2D eigenvalue weighted by atomic mass is 10.1. The molecule has 0 unspecified atom stereocenters. The van der Waals surface area contributed by atoms with Crippen LogP contribution in [0, 0.1) is 6.92 Å². The standard InChI is InChI=1S/C22H26N2O3S2/c1-4-17-8-6-9-19-21(17)24(5-2)22(28-19)23-20(25)10-7-15-29(26,27)18-13-11-16(3)12-14-18/h6,8-9,11-14H,4-5,7,10,15H2,1-3H3. The summed E-state index contributed by atoms with van der Waals surface area (Å²) in [5, 5.41) is 0. The highest BCUT2D eigenvalue weighted by molar-refractivity contribution is 7.91. The van der Waals surface area contributed by atoms with Gasteiger partial charge in [0.1, 0.15) is 0 Å². The molecule has 3 aromatic rings. The largest absolute Gasteiger partial charge is 0.316 e. The van der Waals surface area contributed by atoms with Crippen molar-refractivity contribution < 1.29 is 13.2 Å². The van der Waals surface area contributed by atoms with Crippen molar-refractivity contribution in [2.24, 2.45) is 4.99 Å². The normalized spacial score (nSPS) is 12.6. The van der Waals surface area contributed by atoms with Gasteiger partial charge in [0.2, 0.25) is 5.91 Å². The summed E-state index contributed by atoms with van der Waals surface area (Å²) in [5.41, 5.74) is 3.38. The van der Waals surface area contributed by atoms with Crippen LogP contribution in [-0.4, -0.2) is 24.6 Å². The average molecular weight is 431 g/mol. The van der Waals surface area contributed by atoms with Crippen LogP contribution in [0.3, 0.4) is 0 Å². The van der Waals surface area contributed by atoms with Crippen molar-refractivity contribution >= 4 is 37.3 Å². The quantitative estimate of drug-likeness (QED) is 0.562. The lowest BCUT2D eigenvalue weighted by Crippen LogP contribution is -2.17. The average Bonchev–Trinajstić information content (AvgIpc) is 3.05. The number of aryl methyl sites for hydroxylation is 3. The minimum absolute atomic E-state index is 0.0580. The summed E-state index contributed by atoms with van der Waals surface area (Å²) in [6, 6.07) is 13.0. The Kier molecular flexibility index (Phi) is 6.70. The molecule has 0 aliphatic carbocycles. The highest BCUT2D eigenvalue weighted by atomic mass is 32.2. The number of sulfone groups is 1. The molecule has 7 heteroatoms. The zero-order valence-corrected chi connectivity index (χ0v) is 18.6. The molecule has 1 aromatic heterocycles. The van der Waals surface area contributed by atoms with E-state index in [9.17, 15) is 13.2 Å². The fourth-order valence-corrected chi connectivity index (χ4v) is 5.78. The fraction of sp³-hybridized carbons (Fsp3) is 0.364. The number of para-hydroxylation sites is 1. The third-order valence-electron chi connectivity index (χ3n) is 4.89. The van der Waals surface area contributed by atoms with E-state index in [0.717, 1.165) is 28.7 Å². The summed E-state index contributed by atoms with van der Waals surface area (Å²) < 4.78 is 28.0. The van der Waals surface area contributed by atoms with E-state index in [1.54, 1.807) is 24.3 Å². The third kappa shape index (κ3) is 4.85. The van der Waals surface area contributed by atoms with Gasteiger partial charge in [0.25, 0.3) is 0 Å². The molecule has 0 saturated carbocycles. The number of aromatic nitrogens is 1. The fourth-order valence-electron chi connectivity index (χ4n) is 3.31. The van der Waals surface area contributed by atoms with E-state index in [2.05, 4.69) is 22.5 Å². The maximum absolute atomic E-state index is 12.4. The van der Waals surface area contributed by atoms with Crippen LogP contribution in [0.5, 0.6) is 0 Å². The van der Waals surface area contributed by atoms with Gasteiger partial charge in [0.15, 0.2) is 14.6 Å². The van der Waals surface area contributed by atoms with Crippen LogP contribution in [-0.2, 0) is 27.6 Å². The molecular weight excluding hydrogens is 404 g/mol. The topological polar surface area (TPSA) is 68.5 Å². The first kappa shape index (κ1) is 21.5. The van der Waals surface area contributed by atoms with E-state index in [4.69, 9.17) is 0 Å². The van der Waals surface area contributed by atoms with Crippen LogP contribution in [0.2, 0.25) is 0 Å². The van der Waals surface area contributed by atoms with Crippen LogP contribution in [0.15, 0.2) is 52.4 Å².